The molecule has 0 saturated carbocycles. The molecule has 1 aromatic heterocycles. The van der Waals surface area contributed by atoms with Gasteiger partial charge in [0.1, 0.15) is 0 Å². The molecular weight excluding hydrogens is 270 g/mol. The molecule has 0 aliphatic carbocycles. The van der Waals surface area contributed by atoms with Gasteiger partial charge in [-0.1, -0.05) is 62.9 Å². The van der Waals surface area contributed by atoms with Crippen molar-refractivity contribution in [3.63, 3.8) is 0 Å². The van der Waals surface area contributed by atoms with Crippen LogP contribution in [0.1, 0.15) is 50.7 Å². The molecule has 3 nitrogen and oxygen atoms in total. The Hall–Kier alpha value is -1.61. The van der Waals surface area contributed by atoms with Gasteiger partial charge in [0.2, 0.25) is 0 Å². The molecule has 1 atom stereocenters. The number of hydrogen-bond donors (Lipinski definition) is 2. The van der Waals surface area contributed by atoms with Gasteiger partial charge < -0.3 is 5.32 Å². The lowest BCUT2D eigenvalue weighted by molar-refractivity contribution is 0.419. The van der Waals surface area contributed by atoms with Crippen LogP contribution < -0.4 is 5.32 Å². The maximum Gasteiger partial charge on any atom is 0.0695 e. The molecule has 2 N–H and O–H groups in total. The van der Waals surface area contributed by atoms with Crippen LogP contribution in [0.5, 0.6) is 0 Å². The number of aromatic amines is 1. The number of benzene rings is 1. The second-order valence-electron chi connectivity index (χ2n) is 6.18. The topological polar surface area (TPSA) is 40.7 Å². The number of H-pyrrole nitrogens is 1. The summed E-state index contributed by atoms with van der Waals surface area (Å²) in [6, 6.07) is 8.60. The van der Waals surface area contributed by atoms with Crippen LogP contribution in [0.3, 0.4) is 0 Å². The lowest BCUT2D eigenvalue weighted by Gasteiger charge is -2.15. The lowest BCUT2D eigenvalue weighted by atomic mass is 9.99. The summed E-state index contributed by atoms with van der Waals surface area (Å²) in [5.41, 5.74) is 4.87. The monoisotopic (exact) mass is 299 g/mol. The predicted octanol–water partition coefficient (Wildman–Crippen LogP) is 4.69. The highest BCUT2D eigenvalue weighted by Gasteiger charge is 2.09. The maximum absolute atomic E-state index is 4.22. The fraction of sp³-hybridized carbons (Fsp3) is 0.526. The average molecular weight is 299 g/mol. The van der Waals surface area contributed by atoms with Gasteiger partial charge in [-0.2, -0.15) is 5.10 Å². The summed E-state index contributed by atoms with van der Waals surface area (Å²) in [5, 5.41) is 11.0. The third-order valence-corrected chi connectivity index (χ3v) is 4.35. The minimum absolute atomic E-state index is 0.787. The van der Waals surface area contributed by atoms with E-state index in [-0.39, 0.29) is 0 Å². The first kappa shape index (κ1) is 16.8. The van der Waals surface area contributed by atoms with Gasteiger partial charge in [0.25, 0.3) is 0 Å². The largest absolute Gasteiger partial charge is 0.312 e. The Morgan fingerprint density at radius 1 is 1.18 bits per heavy atom. The molecule has 22 heavy (non-hydrogen) atoms. The van der Waals surface area contributed by atoms with Crippen LogP contribution in [0.2, 0.25) is 0 Å². The molecule has 0 saturated heterocycles. The first-order valence-corrected chi connectivity index (χ1v) is 8.54. The normalized spacial score (nSPS) is 12.5. The second-order valence-corrected chi connectivity index (χ2v) is 6.18. The number of nitrogens with one attached hydrogen (secondary N) is 2. The molecule has 0 amide bonds. The molecule has 0 bridgehead atoms. The smallest absolute Gasteiger partial charge is 0.0695 e. The van der Waals surface area contributed by atoms with Gasteiger partial charge in [0, 0.05) is 12.1 Å². The number of hydrogen-bond acceptors (Lipinski definition) is 2. The third-order valence-electron chi connectivity index (χ3n) is 4.35. The Morgan fingerprint density at radius 3 is 2.64 bits per heavy atom. The molecular formula is C19H29N3. The quantitative estimate of drug-likeness (QED) is 0.705. The molecule has 1 unspecified atom stereocenters. The summed E-state index contributed by atoms with van der Waals surface area (Å²) in [7, 11) is 0. The molecule has 3 heteroatoms. The van der Waals surface area contributed by atoms with E-state index in [2.05, 4.69) is 60.6 Å². The van der Waals surface area contributed by atoms with Crippen LogP contribution in [-0.4, -0.2) is 16.7 Å². The fourth-order valence-corrected chi connectivity index (χ4v) is 2.77. The van der Waals surface area contributed by atoms with Crippen molar-refractivity contribution in [2.45, 2.75) is 53.0 Å². The van der Waals surface area contributed by atoms with Crippen LogP contribution >= 0.6 is 0 Å². The number of unbranched alkanes of at least 4 members (excludes halogenated alkanes) is 1. The second kappa shape index (κ2) is 8.74. The van der Waals surface area contributed by atoms with Gasteiger partial charge in [0.05, 0.1) is 11.9 Å². The van der Waals surface area contributed by atoms with Crippen LogP contribution in [0.25, 0.3) is 11.3 Å². The summed E-state index contributed by atoms with van der Waals surface area (Å²) in [4.78, 5) is 0. The average Bonchev–Trinajstić information content (AvgIpc) is 3.00. The van der Waals surface area contributed by atoms with E-state index in [1.54, 1.807) is 0 Å². The van der Waals surface area contributed by atoms with E-state index in [0.717, 1.165) is 24.7 Å². The van der Waals surface area contributed by atoms with E-state index in [1.807, 2.05) is 6.20 Å². The zero-order valence-electron chi connectivity index (χ0n) is 14.2. The van der Waals surface area contributed by atoms with Crippen molar-refractivity contribution in [3.8, 4) is 11.3 Å². The molecule has 2 rings (SSSR count). The van der Waals surface area contributed by atoms with Gasteiger partial charge in [-0.25, -0.2) is 0 Å². The summed E-state index contributed by atoms with van der Waals surface area (Å²) < 4.78 is 0. The van der Waals surface area contributed by atoms with Crippen molar-refractivity contribution < 1.29 is 0 Å². The van der Waals surface area contributed by atoms with Gasteiger partial charge in [0.15, 0.2) is 0 Å². The van der Waals surface area contributed by atoms with E-state index in [4.69, 9.17) is 0 Å². The first-order valence-electron chi connectivity index (χ1n) is 8.54. The molecule has 1 heterocycles. The Balaban J connectivity index is 1.91. The third kappa shape index (κ3) is 4.70. The van der Waals surface area contributed by atoms with Crippen LogP contribution in [0.15, 0.2) is 30.5 Å². The zero-order chi connectivity index (χ0) is 15.8. The summed E-state index contributed by atoms with van der Waals surface area (Å²) in [6.07, 6.45) is 7.14. The van der Waals surface area contributed by atoms with E-state index in [0.29, 0.717) is 0 Å². The summed E-state index contributed by atoms with van der Waals surface area (Å²) in [6.45, 7) is 8.63. The molecule has 0 aliphatic heterocycles. The number of aromatic nitrogens is 2. The van der Waals surface area contributed by atoms with E-state index in [9.17, 15) is 0 Å². The van der Waals surface area contributed by atoms with Gasteiger partial charge in [-0.3, -0.25) is 5.10 Å². The minimum atomic E-state index is 0.787. The SMILES string of the molecule is CCCCC(CC)CNCc1cn[nH]c1-c1ccc(C)cc1. The number of nitrogens with zero attached hydrogens (tertiary/aromatic N) is 1. The van der Waals surface area contributed by atoms with Gasteiger partial charge in [-0.15, -0.1) is 0 Å². The molecule has 2 aromatic rings. The van der Waals surface area contributed by atoms with Crippen molar-refractivity contribution in [2.24, 2.45) is 5.92 Å². The Labute approximate surface area is 134 Å². The standard InChI is InChI=1S/C19H29N3/c1-4-6-7-16(5-2)12-20-13-18-14-21-22-19(18)17-10-8-15(3)9-11-17/h8-11,14,16,20H,4-7,12-13H2,1-3H3,(H,21,22). The van der Waals surface area contributed by atoms with Gasteiger partial charge >= 0.3 is 0 Å². The van der Waals surface area contributed by atoms with Crippen LogP contribution in [-0.2, 0) is 6.54 Å². The van der Waals surface area contributed by atoms with E-state index >= 15 is 0 Å². The van der Waals surface area contributed by atoms with Crippen molar-refractivity contribution in [3.05, 3.63) is 41.6 Å². The molecule has 120 valence electrons. The summed E-state index contributed by atoms with van der Waals surface area (Å²) >= 11 is 0. The van der Waals surface area contributed by atoms with E-state index in [1.165, 1.54) is 42.4 Å². The maximum atomic E-state index is 4.22. The van der Waals surface area contributed by atoms with Gasteiger partial charge in [-0.05, 0) is 31.4 Å². The number of rotatable bonds is 9. The molecule has 1 aromatic carbocycles. The fourth-order valence-electron chi connectivity index (χ4n) is 2.77. The Morgan fingerprint density at radius 2 is 1.95 bits per heavy atom. The van der Waals surface area contributed by atoms with E-state index < -0.39 is 0 Å². The lowest BCUT2D eigenvalue weighted by Crippen LogP contribution is -2.22. The van der Waals surface area contributed by atoms with Crippen molar-refractivity contribution in [1.29, 1.82) is 0 Å². The Bertz CT molecular complexity index is 542. The zero-order valence-corrected chi connectivity index (χ0v) is 14.2. The summed E-state index contributed by atoms with van der Waals surface area (Å²) in [5.74, 6) is 0.787. The predicted molar refractivity (Wildman–Crippen MR) is 93.8 cm³/mol. The van der Waals surface area contributed by atoms with Crippen LogP contribution in [0.4, 0.5) is 0 Å². The van der Waals surface area contributed by atoms with Crippen molar-refractivity contribution >= 4 is 0 Å². The molecule has 0 spiro atoms. The van der Waals surface area contributed by atoms with Crippen molar-refractivity contribution in [1.82, 2.24) is 15.5 Å². The van der Waals surface area contributed by atoms with Crippen molar-refractivity contribution in [2.75, 3.05) is 6.54 Å². The Kier molecular flexibility index (Phi) is 6.66. The molecule has 0 aliphatic rings. The molecule has 0 fully saturated rings. The highest BCUT2D eigenvalue weighted by Crippen LogP contribution is 2.21. The highest BCUT2D eigenvalue weighted by atomic mass is 15.1. The first-order chi connectivity index (χ1) is 10.7. The number of aryl methyl sites for hydroxylation is 1. The highest BCUT2D eigenvalue weighted by molar-refractivity contribution is 5.62. The minimum Gasteiger partial charge on any atom is -0.312 e. The molecule has 0 radical (unpaired) electrons. The van der Waals surface area contributed by atoms with Crippen LogP contribution in [0, 0.1) is 12.8 Å².